The molecule has 0 fully saturated rings. The molecule has 0 atom stereocenters. The Morgan fingerprint density at radius 3 is 2.11 bits per heavy atom. The van der Waals surface area contributed by atoms with E-state index >= 15 is 0 Å². The Hall–Kier alpha value is -3.69. The summed E-state index contributed by atoms with van der Waals surface area (Å²) >= 11 is 0. The lowest BCUT2D eigenvalue weighted by molar-refractivity contribution is 0.0463. The number of hydrogen-bond acceptors (Lipinski definition) is 8. The number of ketones is 1. The molecule has 2 rings (SSSR count). The van der Waals surface area contributed by atoms with Crippen molar-refractivity contribution in [3.8, 4) is 0 Å². The lowest BCUT2D eigenvalue weighted by Gasteiger charge is -2.11. The number of anilines is 1. The van der Waals surface area contributed by atoms with Crippen LogP contribution in [0.5, 0.6) is 0 Å². The van der Waals surface area contributed by atoms with Gasteiger partial charge in [0.05, 0.1) is 18.2 Å². The number of Topliss-reactive ketones (excluding diaryl/α,β-unsaturated/α-hetero) is 1. The Labute approximate surface area is 152 Å². The number of hydrogen-bond donors (Lipinski definition) is 1. The van der Waals surface area contributed by atoms with Crippen LogP contribution < -0.4 is 17.0 Å². The van der Waals surface area contributed by atoms with Crippen molar-refractivity contribution in [2.24, 2.45) is 14.1 Å². The summed E-state index contributed by atoms with van der Waals surface area (Å²) in [6, 6.07) is 5.73. The summed E-state index contributed by atoms with van der Waals surface area (Å²) in [7, 11) is 3.65. The van der Waals surface area contributed by atoms with Gasteiger partial charge in [-0.05, 0) is 12.1 Å². The minimum Gasteiger partial charge on any atom is -0.465 e. The molecule has 0 aliphatic carbocycles. The lowest BCUT2D eigenvalue weighted by atomic mass is 10.1. The molecule has 0 aliphatic heterocycles. The zero-order valence-electron chi connectivity index (χ0n) is 14.8. The SMILES string of the molecule is COC(=O)c1ccccc1C(=O)OCC(=O)c1c(N)n(C)c(=O)n(C)c1=O. The van der Waals surface area contributed by atoms with Gasteiger partial charge in [-0.25, -0.2) is 14.4 Å². The molecule has 10 heteroatoms. The van der Waals surface area contributed by atoms with Crippen molar-refractivity contribution in [1.82, 2.24) is 9.13 Å². The molecular weight excluding hydrogens is 358 g/mol. The van der Waals surface area contributed by atoms with Gasteiger partial charge in [-0.15, -0.1) is 0 Å². The van der Waals surface area contributed by atoms with Crippen LogP contribution in [0.3, 0.4) is 0 Å². The molecule has 142 valence electrons. The molecule has 0 saturated carbocycles. The summed E-state index contributed by atoms with van der Waals surface area (Å²) in [6.45, 7) is -0.800. The number of carbonyl (C=O) groups is 3. The van der Waals surface area contributed by atoms with Gasteiger partial charge >= 0.3 is 17.6 Å². The van der Waals surface area contributed by atoms with Crippen molar-refractivity contribution in [1.29, 1.82) is 0 Å². The molecule has 2 N–H and O–H groups in total. The van der Waals surface area contributed by atoms with Crippen LogP contribution in [0.15, 0.2) is 33.9 Å². The van der Waals surface area contributed by atoms with E-state index in [2.05, 4.69) is 4.74 Å². The summed E-state index contributed by atoms with van der Waals surface area (Å²) in [5.74, 6) is -2.92. The van der Waals surface area contributed by atoms with E-state index < -0.39 is 41.1 Å². The number of esters is 2. The highest BCUT2D eigenvalue weighted by atomic mass is 16.5. The number of carbonyl (C=O) groups excluding carboxylic acids is 3. The Bertz CT molecular complexity index is 1050. The number of nitrogen functional groups attached to an aromatic ring is 1. The summed E-state index contributed by atoms with van der Waals surface area (Å²) in [5.41, 5.74) is 3.49. The fourth-order valence-corrected chi connectivity index (χ4v) is 2.35. The van der Waals surface area contributed by atoms with E-state index in [1.807, 2.05) is 0 Å². The van der Waals surface area contributed by atoms with Crippen LogP contribution in [0.2, 0.25) is 0 Å². The van der Waals surface area contributed by atoms with Gasteiger partial charge in [0.15, 0.2) is 6.61 Å². The van der Waals surface area contributed by atoms with E-state index in [0.29, 0.717) is 0 Å². The summed E-state index contributed by atoms with van der Waals surface area (Å²) < 4.78 is 11.2. The average Bonchev–Trinajstić information content (AvgIpc) is 2.68. The normalized spacial score (nSPS) is 10.3. The Balaban J connectivity index is 2.28. The van der Waals surface area contributed by atoms with Gasteiger partial charge in [-0.1, -0.05) is 12.1 Å². The van der Waals surface area contributed by atoms with Crippen molar-refractivity contribution in [2.45, 2.75) is 0 Å². The predicted molar refractivity (Wildman–Crippen MR) is 93.7 cm³/mol. The Morgan fingerprint density at radius 2 is 1.56 bits per heavy atom. The van der Waals surface area contributed by atoms with Crippen molar-refractivity contribution in [3.63, 3.8) is 0 Å². The van der Waals surface area contributed by atoms with Gasteiger partial charge in [0.1, 0.15) is 11.4 Å². The van der Waals surface area contributed by atoms with Crippen LogP contribution in [0.1, 0.15) is 31.1 Å². The molecule has 1 heterocycles. The van der Waals surface area contributed by atoms with E-state index in [4.69, 9.17) is 10.5 Å². The number of nitrogens with zero attached hydrogens (tertiary/aromatic N) is 2. The van der Waals surface area contributed by atoms with Crippen LogP contribution in [-0.4, -0.2) is 40.6 Å². The zero-order valence-corrected chi connectivity index (χ0v) is 14.8. The summed E-state index contributed by atoms with van der Waals surface area (Å²) in [6.07, 6.45) is 0. The Morgan fingerprint density at radius 1 is 1.00 bits per heavy atom. The van der Waals surface area contributed by atoms with E-state index in [0.717, 1.165) is 16.2 Å². The summed E-state index contributed by atoms with van der Waals surface area (Å²) in [4.78, 5) is 60.2. The maximum atomic E-state index is 12.3. The first-order chi connectivity index (χ1) is 12.7. The second-order valence-corrected chi connectivity index (χ2v) is 5.50. The molecule has 0 bridgehead atoms. The number of methoxy groups -OCH3 is 1. The average molecular weight is 375 g/mol. The predicted octanol–water partition coefficient (Wildman–Crippen LogP) is -0.507. The van der Waals surface area contributed by atoms with Crippen LogP contribution >= 0.6 is 0 Å². The highest BCUT2D eigenvalue weighted by molar-refractivity contribution is 6.05. The highest BCUT2D eigenvalue weighted by Gasteiger charge is 2.23. The third kappa shape index (κ3) is 3.64. The van der Waals surface area contributed by atoms with Gasteiger partial charge in [-0.3, -0.25) is 18.7 Å². The Kier molecular flexibility index (Phi) is 5.59. The molecule has 0 spiro atoms. The minimum atomic E-state index is -0.954. The molecule has 2 aromatic rings. The molecule has 0 saturated heterocycles. The quantitative estimate of drug-likeness (QED) is 0.544. The van der Waals surface area contributed by atoms with Crippen molar-refractivity contribution in [2.75, 3.05) is 19.5 Å². The first kappa shape index (κ1) is 19.6. The van der Waals surface area contributed by atoms with Crippen LogP contribution in [0, 0.1) is 0 Å². The molecule has 1 aromatic heterocycles. The second kappa shape index (κ2) is 7.68. The minimum absolute atomic E-state index is 0.0324. The largest absolute Gasteiger partial charge is 0.465 e. The number of ether oxygens (including phenoxy) is 2. The van der Waals surface area contributed by atoms with Crippen LogP contribution in [-0.2, 0) is 23.6 Å². The maximum Gasteiger partial charge on any atom is 0.339 e. The molecule has 10 nitrogen and oxygen atoms in total. The van der Waals surface area contributed by atoms with Gasteiger partial charge in [0.25, 0.3) is 5.56 Å². The molecule has 0 radical (unpaired) electrons. The van der Waals surface area contributed by atoms with E-state index in [9.17, 15) is 24.0 Å². The van der Waals surface area contributed by atoms with E-state index in [-0.39, 0.29) is 16.9 Å². The zero-order chi connectivity index (χ0) is 20.3. The monoisotopic (exact) mass is 375 g/mol. The van der Waals surface area contributed by atoms with Crippen LogP contribution in [0.4, 0.5) is 5.82 Å². The molecule has 0 amide bonds. The molecule has 0 unspecified atom stereocenters. The lowest BCUT2D eigenvalue weighted by Crippen LogP contribution is -2.42. The van der Waals surface area contributed by atoms with E-state index in [1.54, 1.807) is 0 Å². The molecular formula is C17H17N3O7. The highest BCUT2D eigenvalue weighted by Crippen LogP contribution is 2.12. The number of aromatic nitrogens is 2. The van der Waals surface area contributed by atoms with E-state index in [1.165, 1.54) is 38.4 Å². The second-order valence-electron chi connectivity index (χ2n) is 5.50. The molecule has 0 aliphatic rings. The first-order valence-electron chi connectivity index (χ1n) is 7.63. The van der Waals surface area contributed by atoms with Gasteiger partial charge in [-0.2, -0.15) is 0 Å². The molecule has 1 aromatic carbocycles. The van der Waals surface area contributed by atoms with Crippen molar-refractivity contribution >= 4 is 23.5 Å². The van der Waals surface area contributed by atoms with Gasteiger partial charge in [0, 0.05) is 14.1 Å². The third-order valence-electron chi connectivity index (χ3n) is 3.88. The fourth-order valence-electron chi connectivity index (χ4n) is 2.35. The van der Waals surface area contributed by atoms with Crippen LogP contribution in [0.25, 0.3) is 0 Å². The third-order valence-corrected chi connectivity index (χ3v) is 3.88. The maximum absolute atomic E-state index is 12.3. The number of rotatable bonds is 5. The van der Waals surface area contributed by atoms with Crippen molar-refractivity contribution in [3.05, 3.63) is 61.8 Å². The standard InChI is InChI=1S/C17H17N3O7/c1-19-13(18)12(14(22)20(2)17(19)25)11(21)8-27-16(24)10-7-5-4-6-9(10)15(23)26-3/h4-7H,8,18H2,1-3H3. The van der Waals surface area contributed by atoms with Crippen molar-refractivity contribution < 1.29 is 23.9 Å². The summed E-state index contributed by atoms with van der Waals surface area (Å²) in [5, 5.41) is 0. The number of benzene rings is 1. The van der Waals surface area contributed by atoms with Gasteiger partial charge < -0.3 is 15.2 Å². The topological polar surface area (TPSA) is 140 Å². The van der Waals surface area contributed by atoms with Gasteiger partial charge in [0.2, 0.25) is 5.78 Å². The smallest absolute Gasteiger partial charge is 0.339 e. The number of nitrogens with two attached hydrogens (primary N) is 1. The molecule has 27 heavy (non-hydrogen) atoms. The fraction of sp³-hybridized carbons (Fsp3) is 0.235. The first-order valence-corrected chi connectivity index (χ1v) is 7.63.